The minimum atomic E-state index is -0.363. The highest BCUT2D eigenvalue weighted by Gasteiger charge is 2.33. The van der Waals surface area contributed by atoms with Gasteiger partial charge in [0, 0.05) is 20.1 Å². The summed E-state index contributed by atoms with van der Waals surface area (Å²) >= 11 is 0. The fourth-order valence-electron chi connectivity index (χ4n) is 2.42. The molecule has 1 aliphatic rings. The number of carbonyl (C=O) groups excluding carboxylic acids is 2. The van der Waals surface area contributed by atoms with Gasteiger partial charge < -0.3 is 10.2 Å². The Labute approximate surface area is 118 Å². The summed E-state index contributed by atoms with van der Waals surface area (Å²) in [5.41, 5.74) is 0.754. The summed E-state index contributed by atoms with van der Waals surface area (Å²) in [6.45, 7) is 5.18. The lowest BCUT2D eigenvalue weighted by Crippen LogP contribution is -2.57. The first kappa shape index (κ1) is 14.5. The number of amides is 2. The second kappa shape index (κ2) is 6.02. The van der Waals surface area contributed by atoms with Crippen molar-refractivity contribution in [3.8, 4) is 0 Å². The highest BCUT2D eigenvalue weighted by atomic mass is 16.2. The molecule has 1 atom stereocenters. The van der Waals surface area contributed by atoms with E-state index >= 15 is 0 Å². The lowest BCUT2D eigenvalue weighted by molar-refractivity contribution is -0.143. The minimum Gasteiger partial charge on any atom is -0.353 e. The molecule has 2 rings (SSSR count). The summed E-state index contributed by atoms with van der Waals surface area (Å²) in [6, 6.07) is -0.363. The molecule has 0 unspecified atom stereocenters. The van der Waals surface area contributed by atoms with Gasteiger partial charge in [0.25, 0.3) is 0 Å². The Morgan fingerprint density at radius 3 is 2.90 bits per heavy atom. The number of aromatic nitrogens is 3. The van der Waals surface area contributed by atoms with Crippen molar-refractivity contribution in [3.63, 3.8) is 0 Å². The number of piperazine rings is 1. The van der Waals surface area contributed by atoms with Crippen LogP contribution in [0.4, 0.5) is 0 Å². The van der Waals surface area contributed by atoms with Crippen LogP contribution in [-0.4, -0.2) is 50.8 Å². The molecule has 0 bridgehead atoms. The van der Waals surface area contributed by atoms with Crippen LogP contribution in [0.25, 0.3) is 0 Å². The minimum absolute atomic E-state index is 0.0455. The molecule has 1 aromatic rings. The van der Waals surface area contributed by atoms with Crippen molar-refractivity contribution in [3.05, 3.63) is 11.9 Å². The van der Waals surface area contributed by atoms with Gasteiger partial charge in [-0.05, 0) is 12.3 Å². The van der Waals surface area contributed by atoms with Gasteiger partial charge in [0.05, 0.1) is 18.3 Å². The SMILES string of the molecule is CC(C)C[C@@H]1C(=O)NCCN1C(=O)Cc1cnnn1C. The predicted octanol–water partition coefficient (Wildman–Crippen LogP) is -0.269. The van der Waals surface area contributed by atoms with Crippen molar-refractivity contribution in [1.29, 1.82) is 0 Å². The molecule has 0 aliphatic carbocycles. The van der Waals surface area contributed by atoms with E-state index in [0.29, 0.717) is 25.4 Å². The van der Waals surface area contributed by atoms with Crippen molar-refractivity contribution in [2.45, 2.75) is 32.7 Å². The van der Waals surface area contributed by atoms with Gasteiger partial charge in [0.15, 0.2) is 0 Å². The molecule has 0 aromatic carbocycles. The van der Waals surface area contributed by atoms with Crippen LogP contribution in [0.15, 0.2) is 6.20 Å². The molecule has 7 nitrogen and oxygen atoms in total. The lowest BCUT2D eigenvalue weighted by Gasteiger charge is -2.36. The lowest BCUT2D eigenvalue weighted by atomic mass is 9.99. The molecule has 1 aromatic heterocycles. The van der Waals surface area contributed by atoms with Crippen molar-refractivity contribution < 1.29 is 9.59 Å². The van der Waals surface area contributed by atoms with Crippen molar-refractivity contribution in [1.82, 2.24) is 25.2 Å². The largest absolute Gasteiger partial charge is 0.353 e. The predicted molar refractivity (Wildman–Crippen MR) is 72.7 cm³/mol. The highest BCUT2D eigenvalue weighted by Crippen LogP contribution is 2.16. The molecule has 2 heterocycles. The van der Waals surface area contributed by atoms with E-state index in [1.807, 2.05) is 0 Å². The van der Waals surface area contributed by atoms with E-state index in [0.717, 1.165) is 5.69 Å². The molecule has 2 amide bonds. The molecule has 0 spiro atoms. The third kappa shape index (κ3) is 3.15. The van der Waals surface area contributed by atoms with Gasteiger partial charge >= 0.3 is 0 Å². The third-order valence-corrected chi connectivity index (χ3v) is 3.49. The highest BCUT2D eigenvalue weighted by molar-refractivity contribution is 5.89. The molecule has 0 radical (unpaired) electrons. The summed E-state index contributed by atoms with van der Waals surface area (Å²) < 4.78 is 1.58. The van der Waals surface area contributed by atoms with Crippen molar-refractivity contribution in [2.24, 2.45) is 13.0 Å². The molecule has 1 aliphatic heterocycles. The van der Waals surface area contributed by atoms with Crippen LogP contribution in [0.1, 0.15) is 26.0 Å². The fraction of sp³-hybridized carbons (Fsp3) is 0.692. The zero-order valence-corrected chi connectivity index (χ0v) is 12.2. The van der Waals surface area contributed by atoms with Crippen LogP contribution in [-0.2, 0) is 23.1 Å². The Kier molecular flexibility index (Phi) is 4.36. The fourth-order valence-corrected chi connectivity index (χ4v) is 2.42. The van der Waals surface area contributed by atoms with Crippen molar-refractivity contribution >= 4 is 11.8 Å². The monoisotopic (exact) mass is 279 g/mol. The van der Waals surface area contributed by atoms with Crippen LogP contribution >= 0.6 is 0 Å². The van der Waals surface area contributed by atoms with Gasteiger partial charge in [0.2, 0.25) is 11.8 Å². The maximum absolute atomic E-state index is 12.4. The quantitative estimate of drug-likeness (QED) is 0.823. The summed E-state index contributed by atoms with van der Waals surface area (Å²) in [5.74, 6) is 0.259. The Bertz CT molecular complexity index is 497. The van der Waals surface area contributed by atoms with E-state index in [2.05, 4.69) is 29.5 Å². The van der Waals surface area contributed by atoms with E-state index in [9.17, 15) is 9.59 Å². The second-order valence-electron chi connectivity index (χ2n) is 5.55. The molecule has 1 saturated heterocycles. The van der Waals surface area contributed by atoms with Gasteiger partial charge in [-0.1, -0.05) is 19.1 Å². The maximum Gasteiger partial charge on any atom is 0.242 e. The normalized spacial score (nSPS) is 19.3. The Morgan fingerprint density at radius 1 is 1.55 bits per heavy atom. The summed E-state index contributed by atoms with van der Waals surface area (Å²) in [5, 5.41) is 10.4. The van der Waals surface area contributed by atoms with Crippen LogP contribution in [0.3, 0.4) is 0 Å². The average molecular weight is 279 g/mol. The van der Waals surface area contributed by atoms with Crippen LogP contribution in [0, 0.1) is 5.92 Å². The second-order valence-corrected chi connectivity index (χ2v) is 5.55. The van der Waals surface area contributed by atoms with Crippen LogP contribution in [0.5, 0.6) is 0 Å². The van der Waals surface area contributed by atoms with Gasteiger partial charge in [0.1, 0.15) is 6.04 Å². The molecule has 1 fully saturated rings. The molecule has 110 valence electrons. The number of nitrogens with one attached hydrogen (secondary N) is 1. The summed E-state index contributed by atoms with van der Waals surface area (Å²) in [6.07, 6.45) is 2.49. The van der Waals surface area contributed by atoms with E-state index in [-0.39, 0.29) is 24.3 Å². The number of hydrogen-bond donors (Lipinski definition) is 1. The van der Waals surface area contributed by atoms with E-state index in [1.54, 1.807) is 22.8 Å². The third-order valence-electron chi connectivity index (χ3n) is 3.49. The van der Waals surface area contributed by atoms with Crippen LogP contribution in [0.2, 0.25) is 0 Å². The van der Waals surface area contributed by atoms with E-state index in [1.165, 1.54) is 0 Å². The van der Waals surface area contributed by atoms with Gasteiger partial charge in [-0.2, -0.15) is 0 Å². The van der Waals surface area contributed by atoms with Gasteiger partial charge in [-0.25, -0.2) is 0 Å². The Morgan fingerprint density at radius 2 is 2.30 bits per heavy atom. The Hall–Kier alpha value is -1.92. The molecule has 7 heteroatoms. The average Bonchev–Trinajstić information content (AvgIpc) is 2.77. The topological polar surface area (TPSA) is 80.1 Å². The molecule has 20 heavy (non-hydrogen) atoms. The van der Waals surface area contributed by atoms with Crippen molar-refractivity contribution in [2.75, 3.05) is 13.1 Å². The molecule has 1 N–H and O–H groups in total. The Balaban J connectivity index is 2.09. The standard InChI is InChI=1S/C13H21N5O2/c1-9(2)6-11-13(20)14-4-5-18(11)12(19)7-10-8-15-16-17(10)3/h8-9,11H,4-7H2,1-3H3,(H,14,20)/t11-/m1/s1. The number of aryl methyl sites for hydroxylation is 1. The zero-order chi connectivity index (χ0) is 14.7. The smallest absolute Gasteiger partial charge is 0.242 e. The first-order valence-corrected chi connectivity index (χ1v) is 6.89. The zero-order valence-electron chi connectivity index (χ0n) is 12.2. The van der Waals surface area contributed by atoms with Gasteiger partial charge in [-0.15, -0.1) is 5.10 Å². The van der Waals surface area contributed by atoms with E-state index in [4.69, 9.17) is 0 Å². The molecule has 0 saturated carbocycles. The number of carbonyl (C=O) groups is 2. The van der Waals surface area contributed by atoms with E-state index < -0.39 is 0 Å². The first-order valence-electron chi connectivity index (χ1n) is 6.89. The van der Waals surface area contributed by atoms with Gasteiger partial charge in [-0.3, -0.25) is 14.3 Å². The molecular formula is C13H21N5O2. The number of hydrogen-bond acceptors (Lipinski definition) is 4. The maximum atomic E-state index is 12.4. The number of nitrogens with zero attached hydrogens (tertiary/aromatic N) is 4. The summed E-state index contributed by atoms with van der Waals surface area (Å²) in [4.78, 5) is 26.1. The van der Waals surface area contributed by atoms with Crippen LogP contribution < -0.4 is 5.32 Å². The number of rotatable bonds is 4. The summed E-state index contributed by atoms with van der Waals surface area (Å²) in [7, 11) is 1.75. The first-order chi connectivity index (χ1) is 9.49. The molecular weight excluding hydrogens is 258 g/mol.